The SMILES string of the molecule is OC1Cc2ccc(OCCCC(F)(F)F)cc2C1. The van der Waals surface area contributed by atoms with Gasteiger partial charge in [-0.3, -0.25) is 0 Å². The highest BCUT2D eigenvalue weighted by Crippen LogP contribution is 2.27. The second-order valence-electron chi connectivity index (χ2n) is 4.56. The number of alkyl halides is 3. The van der Waals surface area contributed by atoms with Gasteiger partial charge in [0.2, 0.25) is 0 Å². The molecule has 0 heterocycles. The summed E-state index contributed by atoms with van der Waals surface area (Å²) < 4.78 is 41.0. The molecule has 0 saturated heterocycles. The van der Waals surface area contributed by atoms with Gasteiger partial charge in [-0.1, -0.05) is 6.07 Å². The lowest BCUT2D eigenvalue weighted by molar-refractivity contribution is -0.136. The van der Waals surface area contributed by atoms with E-state index in [1.54, 1.807) is 12.1 Å². The normalized spacial score (nSPS) is 18.8. The lowest BCUT2D eigenvalue weighted by atomic mass is 10.1. The second kappa shape index (κ2) is 5.18. The van der Waals surface area contributed by atoms with E-state index in [-0.39, 0.29) is 19.1 Å². The molecule has 2 nitrogen and oxygen atoms in total. The van der Waals surface area contributed by atoms with Gasteiger partial charge in [-0.25, -0.2) is 0 Å². The molecule has 1 aliphatic carbocycles. The minimum atomic E-state index is -4.12. The second-order valence-corrected chi connectivity index (χ2v) is 4.56. The number of halogens is 3. The molecule has 1 atom stereocenters. The zero-order valence-corrected chi connectivity index (χ0v) is 9.83. The lowest BCUT2D eigenvalue weighted by Crippen LogP contribution is -2.09. The molecule has 1 aliphatic rings. The van der Waals surface area contributed by atoms with Crippen molar-refractivity contribution in [2.24, 2.45) is 0 Å². The molecule has 100 valence electrons. The summed E-state index contributed by atoms with van der Waals surface area (Å²) in [5, 5.41) is 9.48. The first-order valence-corrected chi connectivity index (χ1v) is 5.93. The number of aliphatic hydroxyl groups excluding tert-OH is 1. The first-order chi connectivity index (χ1) is 8.44. The van der Waals surface area contributed by atoms with E-state index in [1.807, 2.05) is 6.07 Å². The van der Waals surface area contributed by atoms with Gasteiger partial charge in [0.1, 0.15) is 5.75 Å². The smallest absolute Gasteiger partial charge is 0.389 e. The maximum absolute atomic E-state index is 11.9. The topological polar surface area (TPSA) is 29.5 Å². The summed E-state index contributed by atoms with van der Waals surface area (Å²) in [6.07, 6.45) is -4.09. The van der Waals surface area contributed by atoms with E-state index in [1.165, 1.54) is 0 Å². The first kappa shape index (κ1) is 13.2. The van der Waals surface area contributed by atoms with Crippen LogP contribution in [-0.4, -0.2) is 24.0 Å². The number of aliphatic hydroxyl groups is 1. The quantitative estimate of drug-likeness (QED) is 0.843. The van der Waals surface area contributed by atoms with Crippen LogP contribution in [0, 0.1) is 0 Å². The summed E-state index contributed by atoms with van der Waals surface area (Å²) in [5.41, 5.74) is 2.11. The fourth-order valence-corrected chi connectivity index (χ4v) is 2.12. The van der Waals surface area contributed by atoms with E-state index in [2.05, 4.69) is 0 Å². The molecule has 1 aromatic rings. The van der Waals surface area contributed by atoms with Crippen molar-refractivity contribution < 1.29 is 23.0 Å². The molecular weight excluding hydrogens is 245 g/mol. The van der Waals surface area contributed by atoms with Gasteiger partial charge in [0, 0.05) is 6.42 Å². The maximum atomic E-state index is 11.9. The van der Waals surface area contributed by atoms with Crippen LogP contribution in [0.2, 0.25) is 0 Å². The molecule has 5 heteroatoms. The zero-order valence-electron chi connectivity index (χ0n) is 9.83. The van der Waals surface area contributed by atoms with Crippen LogP contribution in [0.25, 0.3) is 0 Å². The summed E-state index contributed by atoms with van der Waals surface area (Å²) >= 11 is 0. The number of benzene rings is 1. The van der Waals surface area contributed by atoms with Gasteiger partial charge < -0.3 is 9.84 Å². The van der Waals surface area contributed by atoms with Crippen molar-refractivity contribution in [2.75, 3.05) is 6.61 Å². The minimum Gasteiger partial charge on any atom is -0.494 e. The Labute approximate surface area is 103 Å². The fourth-order valence-electron chi connectivity index (χ4n) is 2.12. The van der Waals surface area contributed by atoms with E-state index in [9.17, 15) is 18.3 Å². The predicted octanol–water partition coefficient (Wildman–Crippen LogP) is 2.87. The number of ether oxygens (including phenoxy) is 1. The Morgan fingerprint density at radius 3 is 2.67 bits per heavy atom. The van der Waals surface area contributed by atoms with Gasteiger partial charge in [-0.05, 0) is 42.5 Å². The zero-order chi connectivity index (χ0) is 13.2. The molecule has 2 rings (SSSR count). The van der Waals surface area contributed by atoms with Crippen LogP contribution in [0.3, 0.4) is 0 Å². The molecule has 0 radical (unpaired) electrons. The Balaban J connectivity index is 1.83. The summed E-state index contributed by atoms with van der Waals surface area (Å²) in [6.45, 7) is 0.0564. The van der Waals surface area contributed by atoms with Crippen LogP contribution in [0.4, 0.5) is 13.2 Å². The van der Waals surface area contributed by atoms with Gasteiger partial charge in [0.25, 0.3) is 0 Å². The average Bonchev–Trinajstić information content (AvgIpc) is 2.62. The van der Waals surface area contributed by atoms with Gasteiger partial charge in [0.15, 0.2) is 0 Å². The van der Waals surface area contributed by atoms with Crippen molar-refractivity contribution in [3.8, 4) is 5.75 Å². The van der Waals surface area contributed by atoms with Crippen molar-refractivity contribution in [3.63, 3.8) is 0 Å². The van der Waals surface area contributed by atoms with Crippen LogP contribution in [0.1, 0.15) is 24.0 Å². The summed E-state index contributed by atoms with van der Waals surface area (Å²) in [5.74, 6) is 0.574. The minimum absolute atomic E-state index is 0.0385. The highest BCUT2D eigenvalue weighted by atomic mass is 19.4. The molecule has 1 N–H and O–H groups in total. The molecule has 0 saturated carbocycles. The van der Waals surface area contributed by atoms with E-state index in [0.717, 1.165) is 11.1 Å². The molecule has 1 unspecified atom stereocenters. The van der Waals surface area contributed by atoms with Gasteiger partial charge in [-0.15, -0.1) is 0 Å². The third-order valence-corrected chi connectivity index (χ3v) is 2.96. The van der Waals surface area contributed by atoms with Crippen molar-refractivity contribution >= 4 is 0 Å². The Hall–Kier alpha value is -1.23. The molecule has 0 spiro atoms. The van der Waals surface area contributed by atoms with Crippen molar-refractivity contribution in [1.29, 1.82) is 0 Å². The molecule has 0 aliphatic heterocycles. The van der Waals surface area contributed by atoms with Crippen LogP contribution in [0.5, 0.6) is 5.75 Å². The van der Waals surface area contributed by atoms with E-state index >= 15 is 0 Å². The summed E-state index contributed by atoms with van der Waals surface area (Å²) in [4.78, 5) is 0. The molecule has 0 aromatic heterocycles. The van der Waals surface area contributed by atoms with Crippen molar-refractivity contribution in [2.45, 2.75) is 38.0 Å². The Morgan fingerprint density at radius 1 is 1.22 bits per heavy atom. The molecule has 0 bridgehead atoms. The van der Waals surface area contributed by atoms with E-state index in [4.69, 9.17) is 4.74 Å². The van der Waals surface area contributed by atoms with Crippen molar-refractivity contribution in [3.05, 3.63) is 29.3 Å². The number of hydrogen-bond donors (Lipinski definition) is 1. The largest absolute Gasteiger partial charge is 0.494 e. The van der Waals surface area contributed by atoms with E-state index < -0.39 is 12.6 Å². The van der Waals surface area contributed by atoms with E-state index in [0.29, 0.717) is 18.6 Å². The third kappa shape index (κ3) is 3.63. The number of hydrogen-bond acceptors (Lipinski definition) is 2. The fraction of sp³-hybridized carbons (Fsp3) is 0.538. The van der Waals surface area contributed by atoms with Gasteiger partial charge in [0.05, 0.1) is 12.7 Å². The van der Waals surface area contributed by atoms with Crippen LogP contribution in [0.15, 0.2) is 18.2 Å². The van der Waals surface area contributed by atoms with Crippen LogP contribution in [-0.2, 0) is 12.8 Å². The Kier molecular flexibility index (Phi) is 3.80. The predicted molar refractivity (Wildman–Crippen MR) is 60.6 cm³/mol. The van der Waals surface area contributed by atoms with Gasteiger partial charge >= 0.3 is 6.18 Å². The molecule has 0 amide bonds. The summed E-state index contributed by atoms with van der Waals surface area (Å²) in [6, 6.07) is 5.41. The first-order valence-electron chi connectivity index (χ1n) is 5.93. The summed E-state index contributed by atoms with van der Waals surface area (Å²) in [7, 11) is 0. The maximum Gasteiger partial charge on any atom is 0.389 e. The molecule has 1 aromatic carbocycles. The van der Waals surface area contributed by atoms with Crippen molar-refractivity contribution in [1.82, 2.24) is 0 Å². The lowest BCUT2D eigenvalue weighted by Gasteiger charge is -2.09. The highest BCUT2D eigenvalue weighted by Gasteiger charge is 2.26. The molecular formula is C13H15F3O2. The van der Waals surface area contributed by atoms with Crippen LogP contribution >= 0.6 is 0 Å². The highest BCUT2D eigenvalue weighted by molar-refractivity contribution is 5.39. The molecule has 18 heavy (non-hydrogen) atoms. The third-order valence-electron chi connectivity index (χ3n) is 2.96. The average molecular weight is 260 g/mol. The Bertz CT molecular complexity index is 415. The Morgan fingerprint density at radius 2 is 1.94 bits per heavy atom. The number of fused-ring (bicyclic) bond motifs is 1. The molecule has 0 fully saturated rings. The standard InChI is InChI=1S/C13H15F3O2/c14-13(15,16)4-1-5-18-12-3-2-9-6-11(17)7-10(9)8-12/h2-3,8,11,17H,1,4-7H2. The van der Waals surface area contributed by atoms with Crippen LogP contribution < -0.4 is 4.74 Å². The monoisotopic (exact) mass is 260 g/mol. The number of rotatable bonds is 4. The van der Waals surface area contributed by atoms with Gasteiger partial charge in [-0.2, -0.15) is 13.2 Å².